The molecule has 0 bridgehead atoms. The minimum atomic E-state index is -4.12. The summed E-state index contributed by atoms with van der Waals surface area (Å²) in [7, 11) is -2.46. The number of rotatable bonds is 5. The molecule has 0 heterocycles. The second kappa shape index (κ2) is 6.53. The van der Waals surface area contributed by atoms with Crippen LogP contribution >= 0.6 is 11.6 Å². The molecule has 2 aromatic rings. The molecule has 9 heteroatoms. The van der Waals surface area contributed by atoms with Gasteiger partial charge in [0.15, 0.2) is 0 Å². The molecule has 0 aromatic heterocycles. The topological polar surface area (TPSA) is 107 Å². The number of nitrogens with two attached hydrogens (primary N) is 1. The van der Waals surface area contributed by atoms with E-state index in [2.05, 4.69) is 0 Å². The Morgan fingerprint density at radius 2 is 1.91 bits per heavy atom. The number of hydrogen-bond donors (Lipinski definition) is 1. The molecule has 122 valence electrons. The quantitative estimate of drug-likeness (QED) is 0.655. The number of hydrogen-bond acceptors (Lipinski definition) is 5. The summed E-state index contributed by atoms with van der Waals surface area (Å²) in [6.45, 7) is 0.319. The second-order valence-corrected chi connectivity index (χ2v) is 6.84. The zero-order chi connectivity index (χ0) is 17.2. The Morgan fingerprint density at radius 1 is 1.26 bits per heavy atom. The van der Waals surface area contributed by atoms with Crippen LogP contribution in [0.3, 0.4) is 0 Å². The third kappa shape index (κ3) is 3.98. The van der Waals surface area contributed by atoms with Gasteiger partial charge in [-0.15, -0.1) is 0 Å². The minimum absolute atomic E-state index is 0.262. The zero-order valence-corrected chi connectivity index (χ0v) is 13.7. The molecule has 0 unspecified atom stereocenters. The predicted molar refractivity (Wildman–Crippen MR) is 88.0 cm³/mol. The Kier molecular flexibility index (Phi) is 4.88. The average molecular weight is 356 g/mol. The highest BCUT2D eigenvalue weighted by molar-refractivity contribution is 7.89. The molecule has 0 aliphatic heterocycles. The summed E-state index contributed by atoms with van der Waals surface area (Å²) in [6.07, 6.45) is 0. The number of sulfonamides is 1. The molecular formula is C14H14ClN3O4S. The molecule has 0 saturated heterocycles. The van der Waals surface area contributed by atoms with Crippen molar-refractivity contribution in [3.8, 4) is 0 Å². The molecule has 2 N–H and O–H groups in total. The molecule has 0 amide bonds. The predicted octanol–water partition coefficient (Wildman–Crippen LogP) is 2.53. The highest BCUT2D eigenvalue weighted by Gasteiger charge is 2.21. The van der Waals surface area contributed by atoms with Crippen LogP contribution in [-0.2, 0) is 16.6 Å². The summed E-state index contributed by atoms with van der Waals surface area (Å²) in [5.41, 5.74) is 0.706. The monoisotopic (exact) mass is 355 g/mol. The summed E-state index contributed by atoms with van der Waals surface area (Å²) in [5.74, 6) is 0. The number of nitro benzene ring substituents is 1. The van der Waals surface area contributed by atoms with Crippen LogP contribution in [0.15, 0.2) is 47.4 Å². The van der Waals surface area contributed by atoms with Crippen molar-refractivity contribution in [2.45, 2.75) is 11.4 Å². The van der Waals surface area contributed by atoms with Crippen LogP contribution in [0.4, 0.5) is 11.4 Å². The summed E-state index contributed by atoms with van der Waals surface area (Å²) in [6, 6.07) is 10.7. The van der Waals surface area contributed by atoms with Crippen molar-refractivity contribution in [2.24, 2.45) is 5.14 Å². The van der Waals surface area contributed by atoms with E-state index in [1.807, 2.05) is 6.07 Å². The zero-order valence-electron chi connectivity index (χ0n) is 12.1. The van der Waals surface area contributed by atoms with Gasteiger partial charge in [-0.2, -0.15) is 0 Å². The maximum atomic E-state index is 11.8. The lowest BCUT2D eigenvalue weighted by molar-refractivity contribution is -0.385. The first-order chi connectivity index (χ1) is 10.7. The maximum absolute atomic E-state index is 11.8. The molecule has 7 nitrogen and oxygen atoms in total. The Bertz CT molecular complexity index is 855. The smallest absolute Gasteiger partial charge is 0.270 e. The van der Waals surface area contributed by atoms with E-state index in [-0.39, 0.29) is 16.3 Å². The molecule has 0 atom stereocenters. The van der Waals surface area contributed by atoms with Gasteiger partial charge >= 0.3 is 0 Å². The van der Waals surface area contributed by atoms with Gasteiger partial charge in [-0.25, -0.2) is 13.6 Å². The van der Waals surface area contributed by atoms with Crippen molar-refractivity contribution < 1.29 is 13.3 Å². The number of anilines is 1. The van der Waals surface area contributed by atoms with Gasteiger partial charge in [0.2, 0.25) is 10.0 Å². The SMILES string of the molecule is CN(Cc1ccccc1Cl)c1ccc([N+](=O)[O-])cc1S(N)(=O)=O. The number of halogens is 1. The lowest BCUT2D eigenvalue weighted by Gasteiger charge is -2.22. The normalized spacial score (nSPS) is 11.3. The minimum Gasteiger partial charge on any atom is -0.369 e. The van der Waals surface area contributed by atoms with Gasteiger partial charge in [0.25, 0.3) is 5.69 Å². The average Bonchev–Trinajstić information content (AvgIpc) is 2.48. The molecule has 0 spiro atoms. The van der Waals surface area contributed by atoms with Crippen molar-refractivity contribution in [2.75, 3.05) is 11.9 Å². The van der Waals surface area contributed by atoms with Gasteiger partial charge in [-0.05, 0) is 17.7 Å². The van der Waals surface area contributed by atoms with Gasteiger partial charge in [0.1, 0.15) is 4.90 Å². The summed E-state index contributed by atoms with van der Waals surface area (Å²) < 4.78 is 23.5. The molecule has 0 radical (unpaired) electrons. The Labute approximate surface area is 138 Å². The first kappa shape index (κ1) is 17.2. The largest absolute Gasteiger partial charge is 0.369 e. The van der Waals surface area contributed by atoms with Gasteiger partial charge < -0.3 is 4.90 Å². The number of primary sulfonamides is 1. The molecule has 2 rings (SSSR count). The Balaban J connectivity index is 2.46. The first-order valence-electron chi connectivity index (χ1n) is 6.46. The number of benzene rings is 2. The van der Waals surface area contributed by atoms with E-state index in [1.165, 1.54) is 12.1 Å². The molecule has 0 aliphatic rings. The van der Waals surface area contributed by atoms with Crippen molar-refractivity contribution in [1.29, 1.82) is 0 Å². The summed E-state index contributed by atoms with van der Waals surface area (Å²) in [4.78, 5) is 11.5. The van der Waals surface area contributed by atoms with Crippen molar-refractivity contribution >= 4 is 33.0 Å². The van der Waals surface area contributed by atoms with Crippen LogP contribution in [-0.4, -0.2) is 20.4 Å². The number of nitrogens with zero attached hydrogens (tertiary/aromatic N) is 2. The fourth-order valence-electron chi connectivity index (χ4n) is 2.13. The van der Waals surface area contributed by atoms with E-state index in [0.717, 1.165) is 11.6 Å². The second-order valence-electron chi connectivity index (χ2n) is 4.90. The maximum Gasteiger partial charge on any atom is 0.270 e. The molecule has 0 saturated carbocycles. The fourth-order valence-corrected chi connectivity index (χ4v) is 3.12. The van der Waals surface area contributed by atoms with Gasteiger partial charge in [-0.1, -0.05) is 29.8 Å². The van der Waals surface area contributed by atoms with Gasteiger partial charge in [0.05, 0.1) is 10.6 Å². The lowest BCUT2D eigenvalue weighted by Crippen LogP contribution is -2.22. The van der Waals surface area contributed by atoms with Crippen molar-refractivity contribution in [3.05, 3.63) is 63.2 Å². The lowest BCUT2D eigenvalue weighted by atomic mass is 10.2. The van der Waals surface area contributed by atoms with Gasteiger partial charge in [0, 0.05) is 30.7 Å². The summed E-state index contributed by atoms with van der Waals surface area (Å²) >= 11 is 6.09. The van der Waals surface area contributed by atoms with Crippen molar-refractivity contribution in [1.82, 2.24) is 0 Å². The number of nitro groups is 1. The highest BCUT2D eigenvalue weighted by atomic mass is 35.5. The van der Waals surface area contributed by atoms with Crippen LogP contribution in [0.2, 0.25) is 5.02 Å². The van der Waals surface area contributed by atoms with Crippen LogP contribution < -0.4 is 10.0 Å². The van der Waals surface area contributed by atoms with E-state index < -0.39 is 14.9 Å². The summed E-state index contributed by atoms with van der Waals surface area (Å²) in [5, 5.41) is 16.6. The van der Waals surface area contributed by atoms with E-state index in [1.54, 1.807) is 30.1 Å². The van der Waals surface area contributed by atoms with E-state index >= 15 is 0 Å². The van der Waals surface area contributed by atoms with Crippen LogP contribution in [0.5, 0.6) is 0 Å². The van der Waals surface area contributed by atoms with Crippen molar-refractivity contribution in [3.63, 3.8) is 0 Å². The molecule has 2 aromatic carbocycles. The molecular weight excluding hydrogens is 342 g/mol. The Morgan fingerprint density at radius 3 is 2.48 bits per heavy atom. The molecule has 23 heavy (non-hydrogen) atoms. The molecule has 0 aliphatic carbocycles. The van der Waals surface area contributed by atoms with Crippen LogP contribution in [0.25, 0.3) is 0 Å². The third-order valence-electron chi connectivity index (χ3n) is 3.24. The Hall–Kier alpha value is -2.16. The highest BCUT2D eigenvalue weighted by Crippen LogP contribution is 2.29. The van der Waals surface area contributed by atoms with Gasteiger partial charge in [-0.3, -0.25) is 10.1 Å². The fraction of sp³-hybridized carbons (Fsp3) is 0.143. The van der Waals surface area contributed by atoms with E-state index in [4.69, 9.17) is 16.7 Å². The van der Waals surface area contributed by atoms with Crippen LogP contribution in [0, 0.1) is 10.1 Å². The van der Waals surface area contributed by atoms with E-state index in [0.29, 0.717) is 11.6 Å². The number of non-ortho nitro benzene ring substituents is 1. The molecule has 0 fully saturated rings. The van der Waals surface area contributed by atoms with E-state index in [9.17, 15) is 18.5 Å². The standard InChI is InChI=1S/C14H14ClN3O4S/c1-17(9-10-4-2-3-5-12(10)15)13-7-6-11(18(19)20)8-14(13)23(16,21)22/h2-8H,9H2,1H3,(H2,16,21,22). The first-order valence-corrected chi connectivity index (χ1v) is 8.38. The van der Waals surface area contributed by atoms with Crippen LogP contribution in [0.1, 0.15) is 5.56 Å². The third-order valence-corrected chi connectivity index (χ3v) is 4.55.